The van der Waals surface area contributed by atoms with Crippen LogP contribution in [0, 0.1) is 0 Å². The molecule has 1 heterocycles. The van der Waals surface area contributed by atoms with E-state index in [2.05, 4.69) is 30.4 Å². The van der Waals surface area contributed by atoms with E-state index in [1.54, 1.807) is 0 Å². The molecule has 0 aromatic heterocycles. The van der Waals surface area contributed by atoms with Gasteiger partial charge in [-0.3, -0.25) is 0 Å². The molecular weight excluding hydrogens is 210 g/mol. The summed E-state index contributed by atoms with van der Waals surface area (Å²) in [6.07, 6.45) is 1.13. The van der Waals surface area contributed by atoms with Crippen LogP contribution in [-0.4, -0.2) is 19.7 Å². The molecule has 3 heteroatoms. The summed E-state index contributed by atoms with van der Waals surface area (Å²) in [5.41, 5.74) is 1.36. The van der Waals surface area contributed by atoms with E-state index in [0.717, 1.165) is 31.9 Å². The molecule has 0 spiro atoms. The zero-order valence-corrected chi connectivity index (χ0v) is 9.85. The van der Waals surface area contributed by atoms with Crippen molar-refractivity contribution >= 4 is 12.4 Å². The summed E-state index contributed by atoms with van der Waals surface area (Å²) in [5.74, 6) is 1.70. The summed E-state index contributed by atoms with van der Waals surface area (Å²) in [4.78, 5) is 0. The first-order chi connectivity index (χ1) is 6.92. The maximum atomic E-state index is 5.61. The normalized spacial score (nSPS) is 18.6. The molecule has 2 rings (SSSR count). The maximum Gasteiger partial charge on any atom is 0.122 e. The van der Waals surface area contributed by atoms with Gasteiger partial charge in [0.2, 0.25) is 0 Å². The molecule has 0 radical (unpaired) electrons. The van der Waals surface area contributed by atoms with Crippen LogP contribution in [0.3, 0.4) is 0 Å². The standard InChI is InChI=1S/C12H17NO.ClH/c1-2-13-9-10-7-8-14-12-6-4-3-5-11(10)12;/h3-6,10,13H,2,7-9H2,1H3;1H. The summed E-state index contributed by atoms with van der Waals surface area (Å²) in [6.45, 7) is 5.11. The number of ether oxygens (including phenoxy) is 1. The Morgan fingerprint density at radius 3 is 3.00 bits per heavy atom. The van der Waals surface area contributed by atoms with Gasteiger partial charge in [0.25, 0.3) is 0 Å². The van der Waals surface area contributed by atoms with Gasteiger partial charge in [-0.2, -0.15) is 0 Å². The van der Waals surface area contributed by atoms with Crippen LogP contribution in [0.15, 0.2) is 24.3 Å². The van der Waals surface area contributed by atoms with Crippen molar-refractivity contribution in [1.82, 2.24) is 5.32 Å². The predicted octanol–water partition coefficient (Wildman–Crippen LogP) is 2.58. The second kappa shape index (κ2) is 5.99. The molecular formula is C12H18ClNO. The number of benzene rings is 1. The Bertz CT molecular complexity index is 303. The smallest absolute Gasteiger partial charge is 0.122 e. The molecule has 0 aliphatic carbocycles. The van der Waals surface area contributed by atoms with Gasteiger partial charge in [-0.25, -0.2) is 0 Å². The Morgan fingerprint density at radius 1 is 1.40 bits per heavy atom. The SMILES string of the molecule is CCNCC1CCOc2ccccc21.Cl. The van der Waals surface area contributed by atoms with E-state index in [4.69, 9.17) is 4.74 Å². The number of hydrogen-bond acceptors (Lipinski definition) is 2. The average Bonchev–Trinajstić information content (AvgIpc) is 2.26. The van der Waals surface area contributed by atoms with Crippen molar-refractivity contribution in [3.05, 3.63) is 29.8 Å². The Morgan fingerprint density at radius 2 is 2.20 bits per heavy atom. The molecule has 2 nitrogen and oxygen atoms in total. The highest BCUT2D eigenvalue weighted by Crippen LogP contribution is 2.32. The van der Waals surface area contributed by atoms with Crippen LogP contribution < -0.4 is 10.1 Å². The number of hydrogen-bond donors (Lipinski definition) is 1. The Hall–Kier alpha value is -0.730. The fourth-order valence-electron chi connectivity index (χ4n) is 1.95. The number of fused-ring (bicyclic) bond motifs is 1. The minimum atomic E-state index is 0. The lowest BCUT2D eigenvalue weighted by Crippen LogP contribution is -2.25. The quantitative estimate of drug-likeness (QED) is 0.857. The highest BCUT2D eigenvalue weighted by atomic mass is 35.5. The van der Waals surface area contributed by atoms with E-state index in [1.165, 1.54) is 5.56 Å². The lowest BCUT2D eigenvalue weighted by molar-refractivity contribution is 0.265. The van der Waals surface area contributed by atoms with Crippen LogP contribution in [0.5, 0.6) is 5.75 Å². The van der Waals surface area contributed by atoms with Gasteiger partial charge in [-0.15, -0.1) is 12.4 Å². The van der Waals surface area contributed by atoms with Crippen LogP contribution in [0.2, 0.25) is 0 Å². The molecule has 1 aromatic rings. The summed E-state index contributed by atoms with van der Waals surface area (Å²) in [5, 5.41) is 3.40. The predicted molar refractivity (Wildman–Crippen MR) is 65.1 cm³/mol. The first kappa shape index (κ1) is 12.3. The highest BCUT2D eigenvalue weighted by molar-refractivity contribution is 5.85. The summed E-state index contributed by atoms with van der Waals surface area (Å²) >= 11 is 0. The molecule has 84 valence electrons. The van der Waals surface area contributed by atoms with Crippen molar-refractivity contribution in [2.75, 3.05) is 19.7 Å². The van der Waals surface area contributed by atoms with E-state index in [1.807, 2.05) is 6.07 Å². The highest BCUT2D eigenvalue weighted by Gasteiger charge is 2.19. The topological polar surface area (TPSA) is 21.3 Å². The van der Waals surface area contributed by atoms with Crippen LogP contribution in [-0.2, 0) is 0 Å². The molecule has 1 atom stereocenters. The molecule has 1 aliphatic heterocycles. The second-order valence-electron chi connectivity index (χ2n) is 3.68. The summed E-state index contributed by atoms with van der Waals surface area (Å²) in [7, 11) is 0. The molecule has 0 saturated heterocycles. The fourth-order valence-corrected chi connectivity index (χ4v) is 1.95. The third-order valence-electron chi connectivity index (χ3n) is 2.72. The zero-order valence-electron chi connectivity index (χ0n) is 9.03. The minimum Gasteiger partial charge on any atom is -0.493 e. The molecule has 1 unspecified atom stereocenters. The molecule has 15 heavy (non-hydrogen) atoms. The minimum absolute atomic E-state index is 0. The molecule has 0 bridgehead atoms. The van der Waals surface area contributed by atoms with Gasteiger partial charge in [0, 0.05) is 12.5 Å². The lowest BCUT2D eigenvalue weighted by Gasteiger charge is -2.25. The summed E-state index contributed by atoms with van der Waals surface area (Å²) in [6, 6.07) is 8.37. The van der Waals surface area contributed by atoms with E-state index < -0.39 is 0 Å². The van der Waals surface area contributed by atoms with Gasteiger partial charge < -0.3 is 10.1 Å². The molecule has 0 fully saturated rings. The number of likely N-dealkylation sites (N-methyl/N-ethyl adjacent to an activating group) is 1. The number of nitrogens with one attached hydrogen (secondary N) is 1. The number of rotatable bonds is 3. The lowest BCUT2D eigenvalue weighted by atomic mass is 9.93. The number of halogens is 1. The van der Waals surface area contributed by atoms with Crippen molar-refractivity contribution in [1.29, 1.82) is 0 Å². The van der Waals surface area contributed by atoms with Gasteiger partial charge in [-0.1, -0.05) is 25.1 Å². The van der Waals surface area contributed by atoms with Gasteiger partial charge in [0.1, 0.15) is 5.75 Å². The first-order valence-corrected chi connectivity index (χ1v) is 5.34. The fraction of sp³-hybridized carbons (Fsp3) is 0.500. The van der Waals surface area contributed by atoms with Gasteiger partial charge in [0.15, 0.2) is 0 Å². The molecule has 1 aliphatic rings. The van der Waals surface area contributed by atoms with Crippen molar-refractivity contribution in [2.45, 2.75) is 19.3 Å². The van der Waals surface area contributed by atoms with Gasteiger partial charge >= 0.3 is 0 Å². The van der Waals surface area contributed by atoms with Crippen molar-refractivity contribution in [3.8, 4) is 5.75 Å². The van der Waals surface area contributed by atoms with Gasteiger partial charge in [0.05, 0.1) is 6.61 Å². The van der Waals surface area contributed by atoms with Crippen molar-refractivity contribution in [3.63, 3.8) is 0 Å². The largest absolute Gasteiger partial charge is 0.493 e. The van der Waals surface area contributed by atoms with Crippen molar-refractivity contribution in [2.24, 2.45) is 0 Å². The molecule has 1 N–H and O–H groups in total. The van der Waals surface area contributed by atoms with E-state index in [0.29, 0.717) is 5.92 Å². The van der Waals surface area contributed by atoms with E-state index in [9.17, 15) is 0 Å². The van der Waals surface area contributed by atoms with Crippen molar-refractivity contribution < 1.29 is 4.74 Å². The maximum absolute atomic E-state index is 5.61. The third-order valence-corrected chi connectivity index (χ3v) is 2.72. The molecule has 0 amide bonds. The second-order valence-corrected chi connectivity index (χ2v) is 3.68. The Labute approximate surface area is 97.4 Å². The molecule has 0 saturated carbocycles. The third kappa shape index (κ3) is 2.86. The first-order valence-electron chi connectivity index (χ1n) is 5.34. The van der Waals surface area contributed by atoms with Crippen LogP contribution in [0.1, 0.15) is 24.8 Å². The van der Waals surface area contributed by atoms with E-state index >= 15 is 0 Å². The van der Waals surface area contributed by atoms with Crippen LogP contribution in [0.4, 0.5) is 0 Å². The summed E-state index contributed by atoms with van der Waals surface area (Å²) < 4.78 is 5.61. The monoisotopic (exact) mass is 227 g/mol. The number of para-hydroxylation sites is 1. The zero-order chi connectivity index (χ0) is 9.80. The van der Waals surface area contributed by atoms with Crippen LogP contribution in [0.25, 0.3) is 0 Å². The van der Waals surface area contributed by atoms with E-state index in [-0.39, 0.29) is 12.4 Å². The van der Waals surface area contributed by atoms with Gasteiger partial charge in [-0.05, 0) is 24.6 Å². The Balaban J connectivity index is 0.00000112. The Kier molecular flexibility index (Phi) is 4.92. The molecule has 1 aromatic carbocycles. The average molecular weight is 228 g/mol. The van der Waals surface area contributed by atoms with Crippen LogP contribution >= 0.6 is 12.4 Å².